The molecule has 1 aromatic heterocycles. The maximum atomic E-state index is 13.3. The van der Waals surface area contributed by atoms with Gasteiger partial charge in [-0.25, -0.2) is 9.37 Å². The van der Waals surface area contributed by atoms with Crippen molar-refractivity contribution in [3.8, 4) is 11.3 Å². The van der Waals surface area contributed by atoms with Gasteiger partial charge >= 0.3 is 0 Å². The fourth-order valence-electron chi connectivity index (χ4n) is 3.62. The van der Waals surface area contributed by atoms with E-state index in [0.717, 1.165) is 18.7 Å². The molecule has 0 radical (unpaired) electrons. The zero-order chi connectivity index (χ0) is 21.3. The standard InChI is InChI=1S/C22H20Cl2FN3O2/c1-14-26-20(15-3-5-18(25)6-4-15)21(30-14)22(29)28-8-2-7-27(9-10-28)19-12-16(23)11-17(24)13-19/h3-6,11-13H,2,7-10H2,1H3. The minimum atomic E-state index is -0.347. The molecule has 0 atom stereocenters. The Morgan fingerprint density at radius 2 is 1.73 bits per heavy atom. The summed E-state index contributed by atoms with van der Waals surface area (Å²) in [5.74, 6) is 0.00234. The van der Waals surface area contributed by atoms with Gasteiger partial charge in [-0.05, 0) is 48.9 Å². The highest BCUT2D eigenvalue weighted by atomic mass is 35.5. The maximum absolute atomic E-state index is 13.3. The van der Waals surface area contributed by atoms with E-state index in [4.69, 9.17) is 27.6 Å². The monoisotopic (exact) mass is 447 g/mol. The van der Waals surface area contributed by atoms with Gasteiger partial charge in [0.25, 0.3) is 5.91 Å². The number of benzene rings is 2. The first-order valence-electron chi connectivity index (χ1n) is 9.64. The van der Waals surface area contributed by atoms with E-state index < -0.39 is 0 Å². The third-order valence-electron chi connectivity index (χ3n) is 5.04. The number of hydrogen-bond acceptors (Lipinski definition) is 4. The van der Waals surface area contributed by atoms with E-state index in [-0.39, 0.29) is 17.5 Å². The molecule has 2 heterocycles. The molecule has 2 aromatic carbocycles. The smallest absolute Gasteiger partial charge is 0.292 e. The molecule has 1 saturated heterocycles. The number of aryl methyl sites for hydroxylation is 1. The van der Waals surface area contributed by atoms with Crippen molar-refractivity contribution in [2.24, 2.45) is 0 Å². The minimum Gasteiger partial charge on any atom is -0.435 e. The highest BCUT2D eigenvalue weighted by molar-refractivity contribution is 6.35. The lowest BCUT2D eigenvalue weighted by molar-refractivity contribution is 0.0734. The molecule has 30 heavy (non-hydrogen) atoms. The van der Waals surface area contributed by atoms with E-state index in [1.54, 1.807) is 30.0 Å². The van der Waals surface area contributed by atoms with Gasteiger partial charge in [0, 0.05) is 54.4 Å². The Balaban J connectivity index is 1.54. The van der Waals surface area contributed by atoms with Crippen LogP contribution in [0.1, 0.15) is 22.9 Å². The van der Waals surface area contributed by atoms with Crippen LogP contribution in [-0.4, -0.2) is 42.0 Å². The van der Waals surface area contributed by atoms with Gasteiger partial charge in [0.1, 0.15) is 11.5 Å². The van der Waals surface area contributed by atoms with Gasteiger partial charge in [0.2, 0.25) is 5.76 Å². The molecule has 0 unspecified atom stereocenters. The molecule has 4 rings (SSSR count). The summed E-state index contributed by atoms with van der Waals surface area (Å²) in [6, 6.07) is 11.3. The fraction of sp³-hybridized carbons (Fsp3) is 0.273. The fourth-order valence-corrected chi connectivity index (χ4v) is 4.13. The molecule has 0 N–H and O–H groups in total. The molecular formula is C22H20Cl2FN3O2. The molecule has 0 spiro atoms. The number of oxazole rings is 1. The first kappa shape index (κ1) is 20.7. The van der Waals surface area contributed by atoms with Crippen LogP contribution in [0.25, 0.3) is 11.3 Å². The second kappa shape index (κ2) is 8.66. The molecule has 1 aliphatic heterocycles. The highest BCUT2D eigenvalue weighted by Gasteiger charge is 2.27. The van der Waals surface area contributed by atoms with E-state index in [2.05, 4.69) is 9.88 Å². The Labute approximate surface area is 184 Å². The topological polar surface area (TPSA) is 49.6 Å². The van der Waals surface area contributed by atoms with Crippen LogP contribution in [0.3, 0.4) is 0 Å². The SMILES string of the molecule is Cc1nc(-c2ccc(F)cc2)c(C(=O)N2CCCN(c3cc(Cl)cc(Cl)c3)CC2)o1. The van der Waals surface area contributed by atoms with Crippen molar-refractivity contribution < 1.29 is 13.6 Å². The normalized spacial score (nSPS) is 14.7. The molecule has 8 heteroatoms. The molecular weight excluding hydrogens is 428 g/mol. The molecule has 3 aromatic rings. The number of anilines is 1. The van der Waals surface area contributed by atoms with E-state index in [1.807, 2.05) is 12.1 Å². The van der Waals surface area contributed by atoms with Gasteiger partial charge in [0.15, 0.2) is 5.89 Å². The van der Waals surface area contributed by atoms with Gasteiger partial charge in [0.05, 0.1) is 0 Å². The van der Waals surface area contributed by atoms with Crippen molar-refractivity contribution in [2.45, 2.75) is 13.3 Å². The summed E-state index contributed by atoms with van der Waals surface area (Å²) in [6.07, 6.45) is 0.787. The van der Waals surface area contributed by atoms with Gasteiger partial charge in [-0.15, -0.1) is 0 Å². The Kier molecular flexibility index (Phi) is 5.97. The van der Waals surface area contributed by atoms with Crippen molar-refractivity contribution in [3.63, 3.8) is 0 Å². The molecule has 1 fully saturated rings. The minimum absolute atomic E-state index is 0.179. The van der Waals surface area contributed by atoms with Crippen molar-refractivity contribution in [1.29, 1.82) is 0 Å². The van der Waals surface area contributed by atoms with E-state index in [0.29, 0.717) is 46.8 Å². The highest BCUT2D eigenvalue weighted by Crippen LogP contribution is 2.28. The summed E-state index contributed by atoms with van der Waals surface area (Å²) in [5, 5.41) is 1.16. The first-order valence-corrected chi connectivity index (χ1v) is 10.4. The molecule has 1 amide bonds. The van der Waals surface area contributed by atoms with Crippen LogP contribution in [0.15, 0.2) is 46.9 Å². The van der Waals surface area contributed by atoms with E-state index in [1.165, 1.54) is 12.1 Å². The Bertz CT molecular complexity index is 1050. The Hall–Kier alpha value is -2.57. The van der Waals surface area contributed by atoms with Crippen LogP contribution in [0.4, 0.5) is 10.1 Å². The second-order valence-electron chi connectivity index (χ2n) is 7.18. The maximum Gasteiger partial charge on any atom is 0.292 e. The number of nitrogens with zero attached hydrogens (tertiary/aromatic N) is 3. The average Bonchev–Trinajstić information content (AvgIpc) is 2.93. The quantitative estimate of drug-likeness (QED) is 0.535. The summed E-state index contributed by atoms with van der Waals surface area (Å²) >= 11 is 12.3. The number of aromatic nitrogens is 1. The third-order valence-corrected chi connectivity index (χ3v) is 5.48. The third kappa shape index (κ3) is 4.45. The van der Waals surface area contributed by atoms with Gasteiger partial charge in [-0.2, -0.15) is 0 Å². The Morgan fingerprint density at radius 1 is 1.03 bits per heavy atom. The lowest BCUT2D eigenvalue weighted by Crippen LogP contribution is -2.35. The molecule has 0 bridgehead atoms. The number of hydrogen-bond donors (Lipinski definition) is 0. The number of carbonyl (C=O) groups is 1. The lowest BCUT2D eigenvalue weighted by atomic mass is 10.1. The zero-order valence-electron chi connectivity index (χ0n) is 16.4. The van der Waals surface area contributed by atoms with Crippen molar-refractivity contribution in [3.05, 3.63) is 70.0 Å². The van der Waals surface area contributed by atoms with E-state index in [9.17, 15) is 9.18 Å². The van der Waals surface area contributed by atoms with Crippen LogP contribution in [0.5, 0.6) is 0 Å². The number of carbonyl (C=O) groups excluding carboxylic acids is 1. The van der Waals surface area contributed by atoms with Crippen LogP contribution in [0, 0.1) is 12.7 Å². The van der Waals surface area contributed by atoms with Gasteiger partial charge in [-0.1, -0.05) is 23.2 Å². The average molecular weight is 448 g/mol. The zero-order valence-corrected chi connectivity index (χ0v) is 17.9. The van der Waals surface area contributed by atoms with Crippen LogP contribution < -0.4 is 4.90 Å². The molecule has 1 aliphatic rings. The van der Waals surface area contributed by atoms with Crippen molar-refractivity contribution in [1.82, 2.24) is 9.88 Å². The van der Waals surface area contributed by atoms with E-state index >= 15 is 0 Å². The van der Waals surface area contributed by atoms with Crippen LogP contribution in [0.2, 0.25) is 10.0 Å². The number of halogens is 3. The molecule has 0 saturated carbocycles. The summed E-state index contributed by atoms with van der Waals surface area (Å²) in [4.78, 5) is 21.5. The molecule has 156 valence electrons. The second-order valence-corrected chi connectivity index (χ2v) is 8.05. The first-order chi connectivity index (χ1) is 14.4. The predicted octanol–water partition coefficient (Wildman–Crippen LogP) is 5.45. The summed E-state index contributed by atoms with van der Waals surface area (Å²) in [7, 11) is 0. The number of rotatable bonds is 3. The van der Waals surface area contributed by atoms with Crippen LogP contribution >= 0.6 is 23.2 Å². The predicted molar refractivity (Wildman–Crippen MR) is 116 cm³/mol. The lowest BCUT2D eigenvalue weighted by Gasteiger charge is -2.24. The van der Waals surface area contributed by atoms with Gasteiger partial charge < -0.3 is 14.2 Å². The van der Waals surface area contributed by atoms with Crippen molar-refractivity contribution >= 4 is 34.8 Å². The van der Waals surface area contributed by atoms with Crippen LogP contribution in [-0.2, 0) is 0 Å². The molecule has 5 nitrogen and oxygen atoms in total. The van der Waals surface area contributed by atoms with Crippen molar-refractivity contribution in [2.75, 3.05) is 31.1 Å². The summed E-state index contributed by atoms with van der Waals surface area (Å²) in [5.41, 5.74) is 2.01. The van der Waals surface area contributed by atoms with Gasteiger partial charge in [-0.3, -0.25) is 4.79 Å². The Morgan fingerprint density at radius 3 is 2.43 bits per heavy atom. The summed E-state index contributed by atoms with van der Waals surface area (Å²) < 4.78 is 18.9. The largest absolute Gasteiger partial charge is 0.435 e. The number of amides is 1. The summed E-state index contributed by atoms with van der Waals surface area (Å²) in [6.45, 7) is 4.22. The molecule has 0 aliphatic carbocycles.